The Morgan fingerprint density at radius 1 is 1.62 bits per heavy atom. The molecule has 1 aromatic rings. The third kappa shape index (κ3) is 2.54. The zero-order valence-corrected chi connectivity index (χ0v) is 10.9. The first-order valence-electron chi connectivity index (χ1n) is 5.33. The first kappa shape index (κ1) is 11.8. The lowest BCUT2D eigenvalue weighted by Gasteiger charge is -2.15. The van der Waals surface area contributed by atoms with Gasteiger partial charge in [0.05, 0.1) is 12.4 Å². The molecule has 0 aromatic carbocycles. The molecule has 1 heterocycles. The number of anilines is 1. The number of halogens is 1. The van der Waals surface area contributed by atoms with Gasteiger partial charge in [-0.25, -0.2) is 4.98 Å². The van der Waals surface area contributed by atoms with E-state index in [0.29, 0.717) is 15.9 Å². The van der Waals surface area contributed by atoms with Gasteiger partial charge in [0.2, 0.25) is 0 Å². The van der Waals surface area contributed by atoms with E-state index in [9.17, 15) is 9.90 Å². The lowest BCUT2D eigenvalue weighted by molar-refractivity contribution is 0.138. The second-order valence-electron chi connectivity index (χ2n) is 4.03. The molecule has 0 aliphatic heterocycles. The van der Waals surface area contributed by atoms with Crippen molar-refractivity contribution in [2.24, 2.45) is 5.92 Å². The van der Waals surface area contributed by atoms with Gasteiger partial charge in [-0.3, -0.25) is 4.79 Å². The number of aliphatic hydroxyl groups excluding tert-OH is 1. The minimum atomic E-state index is -0.216. The third-order valence-corrected chi connectivity index (χ3v) is 3.95. The molecule has 88 valence electrons. The largest absolute Gasteiger partial charge is 0.393 e. The first-order chi connectivity index (χ1) is 7.68. The fourth-order valence-corrected chi connectivity index (χ4v) is 2.48. The number of nitrogens with one attached hydrogen (secondary N) is 2. The van der Waals surface area contributed by atoms with E-state index in [-0.39, 0.29) is 17.6 Å². The Kier molecular flexibility index (Phi) is 3.80. The summed E-state index contributed by atoms with van der Waals surface area (Å²) < 4.78 is 0.563. The van der Waals surface area contributed by atoms with Crippen molar-refractivity contribution in [1.29, 1.82) is 0 Å². The Bertz CT molecular complexity index is 421. The average molecular weight is 335 g/mol. The van der Waals surface area contributed by atoms with Crippen LogP contribution >= 0.6 is 22.6 Å². The monoisotopic (exact) mass is 335 g/mol. The van der Waals surface area contributed by atoms with Crippen LogP contribution in [-0.4, -0.2) is 27.7 Å². The number of aliphatic hydroxyl groups is 1. The Morgan fingerprint density at radius 3 is 3.12 bits per heavy atom. The lowest BCUT2D eigenvalue weighted by Crippen LogP contribution is -2.24. The number of H-pyrrole nitrogens is 1. The van der Waals surface area contributed by atoms with Crippen molar-refractivity contribution in [2.45, 2.75) is 25.4 Å². The highest BCUT2D eigenvalue weighted by molar-refractivity contribution is 14.1. The lowest BCUT2D eigenvalue weighted by atomic mass is 10.1. The molecule has 1 aliphatic carbocycles. The van der Waals surface area contributed by atoms with E-state index in [1.807, 2.05) is 22.6 Å². The van der Waals surface area contributed by atoms with Crippen molar-refractivity contribution in [3.63, 3.8) is 0 Å². The van der Waals surface area contributed by atoms with Crippen molar-refractivity contribution in [3.05, 3.63) is 20.3 Å². The molecule has 5 nitrogen and oxygen atoms in total. The Labute approximate surface area is 107 Å². The SMILES string of the molecule is O=c1[nH]cnc(NCC2CCCC2O)c1I. The van der Waals surface area contributed by atoms with E-state index in [1.165, 1.54) is 6.33 Å². The summed E-state index contributed by atoms with van der Waals surface area (Å²) in [5.74, 6) is 0.875. The van der Waals surface area contributed by atoms with E-state index in [0.717, 1.165) is 19.3 Å². The number of aromatic nitrogens is 2. The molecule has 16 heavy (non-hydrogen) atoms. The summed E-state index contributed by atoms with van der Waals surface area (Å²) in [6.45, 7) is 0.674. The van der Waals surface area contributed by atoms with Crippen LogP contribution in [0.25, 0.3) is 0 Å². The molecule has 0 bridgehead atoms. The predicted octanol–water partition coefficient (Wildman–Crippen LogP) is 0.947. The van der Waals surface area contributed by atoms with Crippen LogP contribution < -0.4 is 10.9 Å². The minimum absolute atomic E-state index is 0.134. The number of hydrogen-bond donors (Lipinski definition) is 3. The number of nitrogens with zero attached hydrogens (tertiary/aromatic N) is 1. The van der Waals surface area contributed by atoms with Crippen LogP contribution in [0.2, 0.25) is 0 Å². The zero-order chi connectivity index (χ0) is 11.5. The maximum Gasteiger partial charge on any atom is 0.266 e. The molecule has 3 N–H and O–H groups in total. The van der Waals surface area contributed by atoms with Crippen LogP contribution in [0, 0.1) is 9.49 Å². The fraction of sp³-hybridized carbons (Fsp3) is 0.600. The predicted molar refractivity (Wildman–Crippen MR) is 69.4 cm³/mol. The van der Waals surface area contributed by atoms with E-state index in [4.69, 9.17) is 0 Å². The van der Waals surface area contributed by atoms with Crippen molar-refractivity contribution in [2.75, 3.05) is 11.9 Å². The van der Waals surface area contributed by atoms with E-state index < -0.39 is 0 Å². The Hall–Kier alpha value is -0.630. The fourth-order valence-electron chi connectivity index (χ4n) is 1.99. The molecule has 0 spiro atoms. The van der Waals surface area contributed by atoms with E-state index in [2.05, 4.69) is 15.3 Å². The molecule has 6 heteroatoms. The summed E-state index contributed by atoms with van der Waals surface area (Å²) in [6, 6.07) is 0. The molecular weight excluding hydrogens is 321 g/mol. The van der Waals surface area contributed by atoms with Gasteiger partial charge in [-0.05, 0) is 35.4 Å². The molecule has 2 atom stereocenters. The molecule has 1 fully saturated rings. The summed E-state index contributed by atoms with van der Waals surface area (Å²) in [4.78, 5) is 17.9. The smallest absolute Gasteiger partial charge is 0.266 e. The highest BCUT2D eigenvalue weighted by Crippen LogP contribution is 2.25. The van der Waals surface area contributed by atoms with Crippen LogP contribution in [0.15, 0.2) is 11.1 Å². The molecule has 0 radical (unpaired) electrons. The van der Waals surface area contributed by atoms with Gasteiger partial charge in [0.1, 0.15) is 9.39 Å². The van der Waals surface area contributed by atoms with Gasteiger partial charge < -0.3 is 15.4 Å². The standard InChI is InChI=1S/C10H14IN3O2/c11-8-9(13-5-14-10(8)16)12-4-6-2-1-3-7(6)15/h5-7,15H,1-4H2,(H2,12,13,14,16). The number of aromatic amines is 1. The molecule has 0 amide bonds. The number of hydrogen-bond acceptors (Lipinski definition) is 4. The molecule has 1 aromatic heterocycles. The summed E-state index contributed by atoms with van der Waals surface area (Å²) in [5, 5.41) is 12.8. The second kappa shape index (κ2) is 5.13. The average Bonchev–Trinajstić information content (AvgIpc) is 2.67. The normalized spacial score (nSPS) is 24.6. The Morgan fingerprint density at radius 2 is 2.44 bits per heavy atom. The van der Waals surface area contributed by atoms with Crippen LogP contribution in [-0.2, 0) is 0 Å². The van der Waals surface area contributed by atoms with Crippen LogP contribution in [0.1, 0.15) is 19.3 Å². The molecule has 1 saturated carbocycles. The highest BCUT2D eigenvalue weighted by atomic mass is 127. The van der Waals surface area contributed by atoms with Gasteiger partial charge in [-0.15, -0.1) is 0 Å². The van der Waals surface area contributed by atoms with Gasteiger partial charge in [-0.2, -0.15) is 0 Å². The molecule has 1 aliphatic rings. The van der Waals surface area contributed by atoms with Gasteiger partial charge in [0.15, 0.2) is 0 Å². The molecule has 0 saturated heterocycles. The zero-order valence-electron chi connectivity index (χ0n) is 8.74. The highest BCUT2D eigenvalue weighted by Gasteiger charge is 2.25. The minimum Gasteiger partial charge on any atom is -0.393 e. The molecular formula is C10H14IN3O2. The van der Waals surface area contributed by atoms with Crippen LogP contribution in [0.3, 0.4) is 0 Å². The van der Waals surface area contributed by atoms with Gasteiger partial charge in [0, 0.05) is 12.5 Å². The van der Waals surface area contributed by atoms with Crippen LogP contribution in [0.5, 0.6) is 0 Å². The van der Waals surface area contributed by atoms with Crippen molar-refractivity contribution in [1.82, 2.24) is 9.97 Å². The first-order valence-corrected chi connectivity index (χ1v) is 6.41. The molecule has 2 unspecified atom stereocenters. The summed E-state index contributed by atoms with van der Waals surface area (Å²) in [5.41, 5.74) is -0.134. The van der Waals surface area contributed by atoms with Crippen molar-refractivity contribution >= 4 is 28.4 Å². The van der Waals surface area contributed by atoms with Gasteiger partial charge in [0.25, 0.3) is 5.56 Å². The van der Waals surface area contributed by atoms with Gasteiger partial charge in [-0.1, -0.05) is 6.42 Å². The van der Waals surface area contributed by atoms with Crippen molar-refractivity contribution < 1.29 is 5.11 Å². The maximum atomic E-state index is 11.3. The summed E-state index contributed by atoms with van der Waals surface area (Å²) >= 11 is 1.97. The number of rotatable bonds is 3. The Balaban J connectivity index is 1.99. The van der Waals surface area contributed by atoms with Gasteiger partial charge >= 0.3 is 0 Å². The van der Waals surface area contributed by atoms with E-state index >= 15 is 0 Å². The molecule has 2 rings (SSSR count). The summed E-state index contributed by atoms with van der Waals surface area (Å²) in [6.07, 6.45) is 4.16. The topological polar surface area (TPSA) is 78.0 Å². The van der Waals surface area contributed by atoms with Crippen LogP contribution in [0.4, 0.5) is 5.82 Å². The second-order valence-corrected chi connectivity index (χ2v) is 5.11. The quantitative estimate of drug-likeness (QED) is 0.719. The van der Waals surface area contributed by atoms with E-state index in [1.54, 1.807) is 0 Å². The van der Waals surface area contributed by atoms with Crippen molar-refractivity contribution in [3.8, 4) is 0 Å². The summed E-state index contributed by atoms with van der Waals surface area (Å²) in [7, 11) is 0. The third-order valence-electron chi connectivity index (χ3n) is 2.95. The maximum absolute atomic E-state index is 11.3.